The van der Waals surface area contributed by atoms with Crippen molar-refractivity contribution >= 4 is 23.6 Å². The van der Waals surface area contributed by atoms with Gasteiger partial charge in [0.05, 0.1) is 18.3 Å². The van der Waals surface area contributed by atoms with Crippen molar-refractivity contribution in [3.63, 3.8) is 0 Å². The van der Waals surface area contributed by atoms with E-state index in [0.717, 1.165) is 17.7 Å². The Hall–Kier alpha value is -2.69. The van der Waals surface area contributed by atoms with Crippen molar-refractivity contribution in [2.75, 3.05) is 13.2 Å². The predicted molar refractivity (Wildman–Crippen MR) is 85.3 cm³/mol. The number of rotatable bonds is 6. The number of hydrogen-bond acceptors (Lipinski definition) is 7. The summed E-state index contributed by atoms with van der Waals surface area (Å²) in [6, 6.07) is 1.66. The van der Waals surface area contributed by atoms with Crippen molar-refractivity contribution in [3.05, 3.63) is 11.3 Å². The maximum atomic E-state index is 12.3. The second-order valence-electron chi connectivity index (χ2n) is 6.33. The molecule has 134 valence electrons. The van der Waals surface area contributed by atoms with Crippen LogP contribution in [0, 0.1) is 23.2 Å². The lowest BCUT2D eigenvalue weighted by Crippen LogP contribution is -2.33. The first-order valence-corrected chi connectivity index (χ1v) is 8.27. The molecule has 8 nitrogen and oxygen atoms in total. The van der Waals surface area contributed by atoms with Gasteiger partial charge in [0.25, 0.3) is 0 Å². The Bertz CT molecular complexity index is 648. The molecule has 0 bridgehead atoms. The van der Waals surface area contributed by atoms with Crippen molar-refractivity contribution in [2.24, 2.45) is 17.6 Å². The number of fused-ring (bicyclic) bond motifs is 1. The average Bonchev–Trinajstić information content (AvgIpc) is 2.83. The molecule has 0 aromatic carbocycles. The summed E-state index contributed by atoms with van der Waals surface area (Å²) in [4.78, 5) is 49.1. The highest BCUT2D eigenvalue weighted by atomic mass is 16.5. The van der Waals surface area contributed by atoms with Gasteiger partial charge in [0, 0.05) is 12.2 Å². The molecule has 8 heteroatoms. The van der Waals surface area contributed by atoms with Crippen LogP contribution < -0.4 is 5.73 Å². The quantitative estimate of drug-likeness (QED) is 0.319. The highest BCUT2D eigenvalue weighted by Crippen LogP contribution is 2.37. The first-order chi connectivity index (χ1) is 11.9. The summed E-state index contributed by atoms with van der Waals surface area (Å²) in [6.45, 7) is 0.764. The molecule has 2 amide bonds. The van der Waals surface area contributed by atoms with Crippen LogP contribution in [0.4, 0.5) is 0 Å². The van der Waals surface area contributed by atoms with E-state index in [0.29, 0.717) is 12.8 Å². The number of likely N-dealkylation sites (tertiary alicyclic amines) is 1. The van der Waals surface area contributed by atoms with Gasteiger partial charge in [-0.25, -0.2) is 0 Å². The summed E-state index contributed by atoms with van der Waals surface area (Å²) in [5.41, 5.74) is 5.20. The van der Waals surface area contributed by atoms with Gasteiger partial charge in [-0.1, -0.05) is 12.8 Å². The van der Waals surface area contributed by atoms with Gasteiger partial charge in [-0.2, -0.15) is 5.26 Å². The van der Waals surface area contributed by atoms with Gasteiger partial charge in [0.2, 0.25) is 17.6 Å². The average molecular weight is 347 g/mol. The minimum absolute atomic E-state index is 0.0471. The normalized spacial score (nSPS) is 23.6. The summed E-state index contributed by atoms with van der Waals surface area (Å²) in [5.74, 6) is -2.34. The molecule has 2 aliphatic rings. The van der Waals surface area contributed by atoms with Crippen LogP contribution in [0.2, 0.25) is 0 Å². The number of esters is 1. The van der Waals surface area contributed by atoms with E-state index in [-0.39, 0.29) is 47.9 Å². The molecule has 1 saturated heterocycles. The highest BCUT2D eigenvalue weighted by molar-refractivity contribution is 6.05. The zero-order valence-electron chi connectivity index (χ0n) is 14.1. The predicted octanol–water partition coefficient (Wildman–Crippen LogP) is 0.420. The van der Waals surface area contributed by atoms with E-state index in [1.54, 1.807) is 6.07 Å². The maximum Gasteiger partial charge on any atom is 0.308 e. The molecule has 0 aromatic heterocycles. The zero-order valence-corrected chi connectivity index (χ0v) is 14.1. The number of carbonyl (C=O) groups excluding carboxylic acids is 4. The van der Waals surface area contributed by atoms with Crippen LogP contribution >= 0.6 is 0 Å². The van der Waals surface area contributed by atoms with E-state index < -0.39 is 18.4 Å². The number of carbonyl (C=O) groups is 4. The molecule has 2 atom stereocenters. The molecule has 25 heavy (non-hydrogen) atoms. The van der Waals surface area contributed by atoms with E-state index in [4.69, 9.17) is 15.7 Å². The molecule has 2 rings (SSSR count). The Morgan fingerprint density at radius 1 is 1.24 bits per heavy atom. The lowest BCUT2D eigenvalue weighted by molar-refractivity contribution is -0.148. The van der Waals surface area contributed by atoms with E-state index in [1.165, 1.54) is 6.92 Å². The van der Waals surface area contributed by atoms with Crippen LogP contribution in [0.25, 0.3) is 0 Å². The fourth-order valence-electron chi connectivity index (χ4n) is 3.32. The number of nitriles is 1. The van der Waals surface area contributed by atoms with E-state index in [2.05, 4.69) is 0 Å². The van der Waals surface area contributed by atoms with Gasteiger partial charge in [-0.15, -0.1) is 0 Å². The van der Waals surface area contributed by atoms with Crippen LogP contribution in [-0.2, 0) is 23.9 Å². The van der Waals surface area contributed by atoms with Crippen molar-refractivity contribution < 1.29 is 23.9 Å². The molecule has 1 heterocycles. The number of ketones is 1. The monoisotopic (exact) mass is 347 g/mol. The van der Waals surface area contributed by atoms with Crippen molar-refractivity contribution in [1.29, 1.82) is 5.26 Å². The summed E-state index contributed by atoms with van der Waals surface area (Å²) in [7, 11) is 0. The molecule has 0 spiro atoms. The number of imide groups is 1. The standard InChI is InChI=1S/C17H21N3O5/c1-10(19)13(8-18)14(21)9-25-15(22)6-7-20-16(23)11-4-2-3-5-12(11)17(20)24/h11-12H,2-7,9,19H2,1H3/b13-10-/t11-,12-/m1/s1. The molecule has 0 radical (unpaired) electrons. The largest absolute Gasteiger partial charge is 0.457 e. The second-order valence-corrected chi connectivity index (χ2v) is 6.33. The van der Waals surface area contributed by atoms with Gasteiger partial charge in [0.15, 0.2) is 6.61 Å². The summed E-state index contributed by atoms with van der Waals surface area (Å²) in [6.07, 6.45) is 3.12. The summed E-state index contributed by atoms with van der Waals surface area (Å²) < 4.78 is 4.81. The van der Waals surface area contributed by atoms with Crippen LogP contribution in [0.1, 0.15) is 39.0 Å². The third-order valence-electron chi connectivity index (χ3n) is 4.62. The molecule has 0 unspecified atom stereocenters. The van der Waals surface area contributed by atoms with Gasteiger partial charge in [-0.05, 0) is 19.8 Å². The van der Waals surface area contributed by atoms with Crippen molar-refractivity contribution in [3.8, 4) is 6.07 Å². The van der Waals surface area contributed by atoms with Gasteiger partial charge < -0.3 is 10.5 Å². The lowest BCUT2D eigenvalue weighted by atomic mass is 9.81. The number of ether oxygens (including phenoxy) is 1. The van der Waals surface area contributed by atoms with Crippen LogP contribution in [0.3, 0.4) is 0 Å². The topological polar surface area (TPSA) is 131 Å². The Balaban J connectivity index is 1.83. The fourth-order valence-corrected chi connectivity index (χ4v) is 3.32. The Morgan fingerprint density at radius 2 is 1.80 bits per heavy atom. The number of nitrogens with zero attached hydrogens (tertiary/aromatic N) is 2. The van der Waals surface area contributed by atoms with Crippen LogP contribution in [0.5, 0.6) is 0 Å². The highest BCUT2D eigenvalue weighted by Gasteiger charge is 2.47. The minimum Gasteiger partial charge on any atom is -0.457 e. The summed E-state index contributed by atoms with van der Waals surface area (Å²) in [5, 5.41) is 8.81. The van der Waals surface area contributed by atoms with Crippen LogP contribution in [-0.4, -0.2) is 41.6 Å². The fraction of sp³-hybridized carbons (Fsp3) is 0.588. The number of hydrogen-bond donors (Lipinski definition) is 1. The molecular weight excluding hydrogens is 326 g/mol. The van der Waals surface area contributed by atoms with Crippen LogP contribution in [0.15, 0.2) is 11.3 Å². The SMILES string of the molecule is C/C(N)=C(\C#N)C(=O)COC(=O)CCN1C(=O)[C@@H]2CCCC[C@H]2C1=O. The van der Waals surface area contributed by atoms with Gasteiger partial charge in [0.1, 0.15) is 11.6 Å². The Labute approximate surface area is 145 Å². The minimum atomic E-state index is -0.712. The smallest absolute Gasteiger partial charge is 0.308 e. The first kappa shape index (κ1) is 18.6. The number of Topliss-reactive ketones (excluding diaryl/α,β-unsaturated/α-hetero) is 1. The molecule has 2 fully saturated rings. The lowest BCUT2D eigenvalue weighted by Gasteiger charge is -2.19. The van der Waals surface area contributed by atoms with Gasteiger partial charge in [-0.3, -0.25) is 24.1 Å². The molecule has 2 N–H and O–H groups in total. The molecule has 1 aliphatic heterocycles. The molecule has 0 aromatic rings. The molecular formula is C17H21N3O5. The Kier molecular flexibility index (Phi) is 5.91. The van der Waals surface area contributed by atoms with Crippen molar-refractivity contribution in [1.82, 2.24) is 4.90 Å². The van der Waals surface area contributed by atoms with E-state index in [9.17, 15) is 19.2 Å². The first-order valence-electron chi connectivity index (χ1n) is 8.27. The van der Waals surface area contributed by atoms with E-state index >= 15 is 0 Å². The number of nitrogens with two attached hydrogens (primary N) is 1. The van der Waals surface area contributed by atoms with E-state index in [1.807, 2.05) is 0 Å². The number of allylic oxidation sites excluding steroid dienone is 1. The molecule has 1 saturated carbocycles. The Morgan fingerprint density at radius 3 is 2.28 bits per heavy atom. The zero-order chi connectivity index (χ0) is 18.6. The third kappa shape index (κ3) is 4.05. The maximum absolute atomic E-state index is 12.3. The summed E-state index contributed by atoms with van der Waals surface area (Å²) >= 11 is 0. The second kappa shape index (κ2) is 7.92. The van der Waals surface area contributed by atoms with Gasteiger partial charge >= 0.3 is 5.97 Å². The number of amides is 2. The third-order valence-corrected chi connectivity index (χ3v) is 4.62. The molecule has 1 aliphatic carbocycles. The van der Waals surface area contributed by atoms with Crippen molar-refractivity contribution in [2.45, 2.75) is 39.0 Å².